The van der Waals surface area contributed by atoms with Crippen LogP contribution in [0.5, 0.6) is 0 Å². The molecule has 0 aliphatic heterocycles. The molecule has 3 heteroatoms. The van der Waals surface area contributed by atoms with Crippen LogP contribution in [-0.4, -0.2) is 18.6 Å². The zero-order valence-corrected chi connectivity index (χ0v) is 11.8. The Morgan fingerprint density at radius 2 is 1.94 bits per heavy atom. The van der Waals surface area contributed by atoms with E-state index in [1.165, 1.54) is 42.7 Å². The van der Waals surface area contributed by atoms with Gasteiger partial charge in [-0.1, -0.05) is 18.9 Å². The molecule has 1 aromatic rings. The van der Waals surface area contributed by atoms with E-state index in [1.54, 1.807) is 0 Å². The van der Waals surface area contributed by atoms with Crippen LogP contribution in [0.4, 0.5) is 11.4 Å². The predicted molar refractivity (Wildman–Crippen MR) is 80.9 cm³/mol. The highest BCUT2D eigenvalue weighted by atomic mass is 32.2. The SMILES string of the molecule is CSCCCCCCNc1cc(N)ccc1C. The Balaban J connectivity index is 2.15. The summed E-state index contributed by atoms with van der Waals surface area (Å²) in [4.78, 5) is 0. The van der Waals surface area contributed by atoms with Crippen LogP contribution >= 0.6 is 11.8 Å². The Kier molecular flexibility index (Phi) is 6.94. The number of nitrogens with two attached hydrogens (primary N) is 1. The maximum absolute atomic E-state index is 5.77. The smallest absolute Gasteiger partial charge is 0.0390 e. The summed E-state index contributed by atoms with van der Waals surface area (Å²) < 4.78 is 0. The second kappa shape index (κ2) is 8.29. The number of aryl methyl sites for hydroxylation is 1. The van der Waals surface area contributed by atoms with E-state index in [0.717, 1.165) is 12.2 Å². The Morgan fingerprint density at radius 1 is 1.18 bits per heavy atom. The lowest BCUT2D eigenvalue weighted by Crippen LogP contribution is -2.03. The molecule has 0 aliphatic carbocycles. The van der Waals surface area contributed by atoms with Gasteiger partial charge in [0.15, 0.2) is 0 Å². The van der Waals surface area contributed by atoms with Crippen LogP contribution in [0.15, 0.2) is 18.2 Å². The highest BCUT2D eigenvalue weighted by molar-refractivity contribution is 7.98. The van der Waals surface area contributed by atoms with E-state index < -0.39 is 0 Å². The number of rotatable bonds is 8. The summed E-state index contributed by atoms with van der Waals surface area (Å²) in [6.45, 7) is 3.16. The minimum atomic E-state index is 0.832. The van der Waals surface area contributed by atoms with Gasteiger partial charge in [0.2, 0.25) is 0 Å². The normalized spacial score (nSPS) is 10.5. The second-order valence-electron chi connectivity index (χ2n) is 4.41. The van der Waals surface area contributed by atoms with Crippen LogP contribution in [-0.2, 0) is 0 Å². The standard InChI is InChI=1S/C14H24N2S/c1-12-7-8-13(15)11-14(12)16-9-5-3-4-6-10-17-2/h7-8,11,16H,3-6,9-10,15H2,1-2H3. The molecule has 0 atom stereocenters. The van der Waals surface area contributed by atoms with Gasteiger partial charge in [-0.25, -0.2) is 0 Å². The maximum atomic E-state index is 5.77. The first kappa shape index (κ1) is 14.2. The van der Waals surface area contributed by atoms with Gasteiger partial charge in [-0.15, -0.1) is 0 Å². The molecular weight excluding hydrogens is 228 g/mol. The Bertz CT molecular complexity index is 326. The summed E-state index contributed by atoms with van der Waals surface area (Å²) in [5.74, 6) is 1.29. The minimum Gasteiger partial charge on any atom is -0.399 e. The largest absolute Gasteiger partial charge is 0.399 e. The van der Waals surface area contributed by atoms with Crippen molar-refractivity contribution in [2.45, 2.75) is 32.6 Å². The average molecular weight is 252 g/mol. The zero-order valence-electron chi connectivity index (χ0n) is 11.0. The molecule has 0 amide bonds. The van der Waals surface area contributed by atoms with Crippen molar-refractivity contribution in [2.75, 3.05) is 29.6 Å². The molecule has 17 heavy (non-hydrogen) atoms. The molecule has 1 rings (SSSR count). The third kappa shape index (κ3) is 5.87. The Morgan fingerprint density at radius 3 is 2.71 bits per heavy atom. The van der Waals surface area contributed by atoms with E-state index in [4.69, 9.17) is 5.73 Å². The number of anilines is 2. The monoisotopic (exact) mass is 252 g/mol. The molecule has 96 valence electrons. The van der Waals surface area contributed by atoms with Gasteiger partial charge in [0, 0.05) is 17.9 Å². The van der Waals surface area contributed by atoms with E-state index in [1.807, 2.05) is 23.9 Å². The van der Waals surface area contributed by atoms with Gasteiger partial charge in [0.25, 0.3) is 0 Å². The minimum absolute atomic E-state index is 0.832. The lowest BCUT2D eigenvalue weighted by molar-refractivity contribution is 0.689. The van der Waals surface area contributed by atoms with E-state index in [-0.39, 0.29) is 0 Å². The quantitative estimate of drug-likeness (QED) is 0.544. The zero-order chi connectivity index (χ0) is 12.5. The van der Waals surface area contributed by atoms with E-state index in [2.05, 4.69) is 24.6 Å². The van der Waals surface area contributed by atoms with Gasteiger partial charge in [0.1, 0.15) is 0 Å². The summed E-state index contributed by atoms with van der Waals surface area (Å²) >= 11 is 1.94. The summed E-state index contributed by atoms with van der Waals surface area (Å²) in [6.07, 6.45) is 7.42. The fourth-order valence-corrected chi connectivity index (χ4v) is 2.27. The van der Waals surface area contributed by atoms with E-state index in [0.29, 0.717) is 0 Å². The lowest BCUT2D eigenvalue weighted by atomic mass is 10.1. The molecule has 0 radical (unpaired) electrons. The van der Waals surface area contributed by atoms with Crippen molar-refractivity contribution < 1.29 is 0 Å². The fourth-order valence-electron chi connectivity index (χ4n) is 1.78. The molecule has 3 N–H and O–H groups in total. The number of unbranched alkanes of at least 4 members (excludes halogenated alkanes) is 3. The lowest BCUT2D eigenvalue weighted by Gasteiger charge is -2.10. The van der Waals surface area contributed by atoms with E-state index in [9.17, 15) is 0 Å². The maximum Gasteiger partial charge on any atom is 0.0390 e. The molecule has 0 aromatic heterocycles. The third-order valence-corrected chi connectivity index (χ3v) is 3.55. The van der Waals surface area contributed by atoms with Crippen molar-refractivity contribution in [3.8, 4) is 0 Å². The van der Waals surface area contributed by atoms with Crippen molar-refractivity contribution in [2.24, 2.45) is 0 Å². The van der Waals surface area contributed by atoms with Gasteiger partial charge in [-0.3, -0.25) is 0 Å². The molecule has 0 saturated heterocycles. The molecule has 0 bridgehead atoms. The molecule has 0 unspecified atom stereocenters. The highest BCUT2D eigenvalue weighted by Gasteiger charge is 1.97. The fraction of sp³-hybridized carbons (Fsp3) is 0.571. The first-order valence-electron chi connectivity index (χ1n) is 6.33. The van der Waals surface area contributed by atoms with Crippen molar-refractivity contribution in [3.05, 3.63) is 23.8 Å². The highest BCUT2D eigenvalue weighted by Crippen LogP contribution is 2.18. The van der Waals surface area contributed by atoms with Crippen LogP contribution in [0.3, 0.4) is 0 Å². The van der Waals surface area contributed by atoms with Crippen LogP contribution in [0, 0.1) is 6.92 Å². The second-order valence-corrected chi connectivity index (χ2v) is 5.39. The summed E-state index contributed by atoms with van der Waals surface area (Å²) in [5, 5.41) is 3.46. The molecular formula is C14H24N2S. The number of thioether (sulfide) groups is 1. The first-order valence-corrected chi connectivity index (χ1v) is 7.72. The number of nitrogen functional groups attached to an aromatic ring is 1. The van der Waals surface area contributed by atoms with Gasteiger partial charge in [-0.2, -0.15) is 11.8 Å². The van der Waals surface area contributed by atoms with Crippen LogP contribution in [0.25, 0.3) is 0 Å². The third-order valence-electron chi connectivity index (χ3n) is 2.85. The van der Waals surface area contributed by atoms with Gasteiger partial charge in [0.05, 0.1) is 0 Å². The number of hydrogen-bond donors (Lipinski definition) is 2. The number of benzene rings is 1. The molecule has 1 aromatic carbocycles. The number of nitrogens with one attached hydrogen (secondary N) is 1. The number of hydrogen-bond acceptors (Lipinski definition) is 3. The summed E-state index contributed by atoms with van der Waals surface area (Å²) in [7, 11) is 0. The van der Waals surface area contributed by atoms with Gasteiger partial charge < -0.3 is 11.1 Å². The molecule has 2 nitrogen and oxygen atoms in total. The molecule has 0 spiro atoms. The summed E-state index contributed by atoms with van der Waals surface area (Å²) in [6, 6.07) is 6.03. The first-order chi connectivity index (χ1) is 8.24. The molecule has 0 saturated carbocycles. The van der Waals surface area contributed by atoms with Crippen LogP contribution < -0.4 is 11.1 Å². The Hall–Kier alpha value is -0.830. The molecule has 0 fully saturated rings. The van der Waals surface area contributed by atoms with Crippen molar-refractivity contribution in [1.29, 1.82) is 0 Å². The van der Waals surface area contributed by atoms with E-state index >= 15 is 0 Å². The Labute approximate surface area is 109 Å². The van der Waals surface area contributed by atoms with Crippen LogP contribution in [0.2, 0.25) is 0 Å². The van der Waals surface area contributed by atoms with Crippen molar-refractivity contribution >= 4 is 23.1 Å². The van der Waals surface area contributed by atoms with Gasteiger partial charge >= 0.3 is 0 Å². The summed E-state index contributed by atoms with van der Waals surface area (Å²) in [5.41, 5.74) is 9.04. The molecule has 0 heterocycles. The van der Waals surface area contributed by atoms with Crippen LogP contribution in [0.1, 0.15) is 31.2 Å². The van der Waals surface area contributed by atoms with Crippen molar-refractivity contribution in [1.82, 2.24) is 0 Å². The predicted octanol–water partition coefficient (Wildman–Crippen LogP) is 3.91. The van der Waals surface area contributed by atoms with Gasteiger partial charge in [-0.05, 0) is 49.5 Å². The topological polar surface area (TPSA) is 38.0 Å². The van der Waals surface area contributed by atoms with Crippen molar-refractivity contribution in [3.63, 3.8) is 0 Å². The average Bonchev–Trinajstić information content (AvgIpc) is 2.32. The molecule has 0 aliphatic rings.